The molecule has 0 aliphatic carbocycles. The summed E-state index contributed by atoms with van der Waals surface area (Å²) < 4.78 is 19.9. The Balaban J connectivity index is 1.49. The van der Waals surface area contributed by atoms with Gasteiger partial charge < -0.3 is 4.74 Å². The van der Waals surface area contributed by atoms with Crippen LogP contribution in [0.5, 0.6) is 0 Å². The predicted octanol–water partition coefficient (Wildman–Crippen LogP) is 4.56. The van der Waals surface area contributed by atoms with Crippen molar-refractivity contribution in [2.75, 3.05) is 20.1 Å². The number of carbonyl (C=O) groups excluding carboxylic acids is 1. The summed E-state index contributed by atoms with van der Waals surface area (Å²) in [6, 6.07) is 14.7. The smallest absolute Gasteiger partial charge is 0.311 e. The van der Waals surface area contributed by atoms with Crippen molar-refractivity contribution in [1.29, 1.82) is 0 Å². The average Bonchev–Trinajstić information content (AvgIpc) is 2.76. The summed E-state index contributed by atoms with van der Waals surface area (Å²) >= 11 is 0. The lowest BCUT2D eigenvalue weighted by Gasteiger charge is -2.37. The molecule has 32 heavy (non-hydrogen) atoms. The summed E-state index contributed by atoms with van der Waals surface area (Å²) in [6.07, 6.45) is 3.57. The van der Waals surface area contributed by atoms with Crippen molar-refractivity contribution in [3.63, 3.8) is 0 Å². The number of benzene rings is 2. The largest absolute Gasteiger partial charge is 0.461 e. The second-order valence-corrected chi connectivity index (χ2v) is 7.84. The van der Waals surface area contributed by atoms with E-state index in [1.54, 1.807) is 19.2 Å². The van der Waals surface area contributed by atoms with Gasteiger partial charge in [-0.15, -0.1) is 0 Å². The minimum atomic E-state index is -0.367. The molecular formula is C27H27FN2O2. The van der Waals surface area contributed by atoms with E-state index in [1.165, 1.54) is 6.07 Å². The van der Waals surface area contributed by atoms with Gasteiger partial charge in [0.05, 0.1) is 11.5 Å². The van der Waals surface area contributed by atoms with Gasteiger partial charge >= 0.3 is 5.97 Å². The highest BCUT2D eigenvalue weighted by atomic mass is 19.1. The quantitative estimate of drug-likeness (QED) is 0.280. The van der Waals surface area contributed by atoms with E-state index in [1.807, 2.05) is 49.4 Å². The minimum absolute atomic E-state index is 0.132. The Bertz CT molecular complexity index is 1090. The Morgan fingerprint density at radius 2 is 1.97 bits per heavy atom. The van der Waals surface area contributed by atoms with Gasteiger partial charge in [0, 0.05) is 26.7 Å². The number of esters is 1. The van der Waals surface area contributed by atoms with Crippen LogP contribution in [-0.4, -0.2) is 36.7 Å². The predicted molar refractivity (Wildman–Crippen MR) is 126 cm³/mol. The maximum atomic E-state index is 14.5. The van der Waals surface area contributed by atoms with Crippen molar-refractivity contribution in [3.8, 4) is 11.8 Å². The first-order valence-electron chi connectivity index (χ1n) is 10.5. The van der Waals surface area contributed by atoms with Crippen LogP contribution >= 0.6 is 0 Å². The number of rotatable bonds is 7. The molecule has 0 bridgehead atoms. The summed E-state index contributed by atoms with van der Waals surface area (Å²) in [6.45, 7) is 7.77. The third-order valence-electron chi connectivity index (χ3n) is 5.05. The van der Waals surface area contributed by atoms with Gasteiger partial charge in [0.25, 0.3) is 0 Å². The number of likely N-dealkylation sites (tertiary alicyclic amines) is 1. The Labute approximate surface area is 189 Å². The van der Waals surface area contributed by atoms with E-state index in [-0.39, 0.29) is 24.3 Å². The number of hydrogen-bond acceptors (Lipinski definition) is 4. The lowest BCUT2D eigenvalue weighted by molar-refractivity contribution is -0.156. The first-order chi connectivity index (χ1) is 15.4. The summed E-state index contributed by atoms with van der Waals surface area (Å²) in [4.78, 5) is 18.4. The van der Waals surface area contributed by atoms with E-state index in [9.17, 15) is 9.18 Å². The number of ether oxygens (including phenoxy) is 1. The Morgan fingerprint density at radius 3 is 2.62 bits per heavy atom. The van der Waals surface area contributed by atoms with Gasteiger partial charge in [-0.1, -0.05) is 60.5 Å². The molecule has 3 rings (SSSR count). The van der Waals surface area contributed by atoms with Crippen molar-refractivity contribution >= 4 is 11.7 Å². The molecule has 1 fully saturated rings. The van der Waals surface area contributed by atoms with E-state index in [2.05, 4.69) is 28.3 Å². The maximum absolute atomic E-state index is 14.5. The Hall–Kier alpha value is -3.49. The van der Waals surface area contributed by atoms with Crippen LogP contribution in [0.15, 0.2) is 77.8 Å². The topological polar surface area (TPSA) is 41.9 Å². The first-order valence-corrected chi connectivity index (χ1v) is 10.5. The summed E-state index contributed by atoms with van der Waals surface area (Å²) in [5.74, 6) is 5.03. The standard InChI is InChI=1S/C27H27FN2O2/c1-20(2)9-13-25(29-3)14-12-23-11-10-22(15-26(23)28)16-30-17-24(18-30)27(31)32-19-21-7-5-4-6-8-21/h4-11,13,15,24H,1,16-19H2,2-3H3/b13-9-,29-25?. The second kappa shape index (κ2) is 11.2. The SMILES string of the molecule is C=C(C)/C=C\C(C#Cc1ccc(CN2CC(C(=O)OCc3ccccc3)C2)cc1F)=NC. The summed E-state index contributed by atoms with van der Waals surface area (Å²) in [5, 5.41) is 0. The molecule has 164 valence electrons. The average molecular weight is 431 g/mol. The fourth-order valence-corrected chi connectivity index (χ4v) is 3.24. The van der Waals surface area contributed by atoms with Crippen molar-refractivity contribution in [2.45, 2.75) is 20.1 Å². The van der Waals surface area contributed by atoms with Crippen LogP contribution in [0.1, 0.15) is 23.6 Å². The molecule has 0 unspecified atom stereocenters. The zero-order chi connectivity index (χ0) is 22.9. The normalized spacial score (nSPS) is 14.5. The van der Waals surface area contributed by atoms with Gasteiger partial charge in [0.2, 0.25) is 0 Å². The zero-order valence-corrected chi connectivity index (χ0v) is 18.5. The molecule has 0 N–H and O–H groups in total. The molecule has 0 amide bonds. The van der Waals surface area contributed by atoms with Gasteiger partial charge in [-0.2, -0.15) is 0 Å². The maximum Gasteiger partial charge on any atom is 0.311 e. The van der Waals surface area contributed by atoms with Gasteiger partial charge in [-0.25, -0.2) is 4.39 Å². The van der Waals surface area contributed by atoms with Gasteiger partial charge in [-0.05, 0) is 42.2 Å². The van der Waals surface area contributed by atoms with Crippen molar-refractivity contribution in [3.05, 3.63) is 95.3 Å². The Kier molecular flexibility index (Phi) is 8.13. The van der Waals surface area contributed by atoms with Crippen LogP contribution in [0.3, 0.4) is 0 Å². The lowest BCUT2D eigenvalue weighted by Crippen LogP contribution is -2.50. The molecule has 0 saturated carbocycles. The monoisotopic (exact) mass is 430 g/mol. The van der Waals surface area contributed by atoms with Gasteiger partial charge in [0.15, 0.2) is 0 Å². The van der Waals surface area contributed by atoms with Crippen LogP contribution in [-0.2, 0) is 22.7 Å². The van der Waals surface area contributed by atoms with E-state index >= 15 is 0 Å². The summed E-state index contributed by atoms with van der Waals surface area (Å²) in [5.41, 5.74) is 3.59. The van der Waals surface area contributed by atoms with Crippen LogP contribution in [0, 0.1) is 23.6 Å². The molecule has 1 saturated heterocycles. The minimum Gasteiger partial charge on any atom is -0.461 e. The molecule has 2 aromatic rings. The van der Waals surface area contributed by atoms with Crippen LogP contribution in [0.25, 0.3) is 0 Å². The number of halogens is 1. The molecule has 4 nitrogen and oxygen atoms in total. The molecule has 0 radical (unpaired) electrons. The molecule has 1 heterocycles. The number of hydrogen-bond donors (Lipinski definition) is 0. The fraction of sp³-hybridized carbons (Fsp3) is 0.259. The number of allylic oxidation sites excluding steroid dienone is 3. The molecule has 0 spiro atoms. The highest BCUT2D eigenvalue weighted by Gasteiger charge is 2.33. The van der Waals surface area contributed by atoms with E-state index in [0.29, 0.717) is 30.9 Å². The van der Waals surface area contributed by atoms with E-state index in [0.717, 1.165) is 16.7 Å². The molecule has 1 aliphatic heterocycles. The molecule has 0 aromatic heterocycles. The summed E-state index contributed by atoms with van der Waals surface area (Å²) in [7, 11) is 1.64. The molecular weight excluding hydrogens is 403 g/mol. The second-order valence-electron chi connectivity index (χ2n) is 7.84. The fourth-order valence-electron chi connectivity index (χ4n) is 3.24. The van der Waals surface area contributed by atoms with Crippen LogP contribution < -0.4 is 0 Å². The molecule has 0 atom stereocenters. The van der Waals surface area contributed by atoms with Crippen LogP contribution in [0.2, 0.25) is 0 Å². The number of aliphatic imine (C=N–C) groups is 1. The molecule has 5 heteroatoms. The van der Waals surface area contributed by atoms with Gasteiger partial charge in [-0.3, -0.25) is 14.7 Å². The molecule has 2 aromatic carbocycles. The van der Waals surface area contributed by atoms with Gasteiger partial charge in [0.1, 0.15) is 18.1 Å². The lowest BCUT2D eigenvalue weighted by atomic mass is 9.99. The first kappa shape index (κ1) is 23.2. The van der Waals surface area contributed by atoms with E-state index in [4.69, 9.17) is 4.74 Å². The Morgan fingerprint density at radius 1 is 1.22 bits per heavy atom. The number of nitrogens with zero attached hydrogens (tertiary/aromatic N) is 2. The van der Waals surface area contributed by atoms with Crippen molar-refractivity contribution < 1.29 is 13.9 Å². The van der Waals surface area contributed by atoms with Crippen molar-refractivity contribution in [1.82, 2.24) is 4.90 Å². The molecule has 1 aliphatic rings. The third kappa shape index (κ3) is 6.76. The zero-order valence-electron chi connectivity index (χ0n) is 18.5. The van der Waals surface area contributed by atoms with E-state index < -0.39 is 0 Å². The highest BCUT2D eigenvalue weighted by molar-refractivity contribution is 6.09. The van der Waals surface area contributed by atoms with Crippen molar-refractivity contribution in [2.24, 2.45) is 10.9 Å². The third-order valence-corrected chi connectivity index (χ3v) is 5.05. The van der Waals surface area contributed by atoms with Crippen LogP contribution in [0.4, 0.5) is 4.39 Å². The highest BCUT2D eigenvalue weighted by Crippen LogP contribution is 2.21. The number of carbonyl (C=O) groups is 1.